The second kappa shape index (κ2) is 3.76. The lowest BCUT2D eigenvalue weighted by molar-refractivity contribution is 0.631. The highest BCUT2D eigenvalue weighted by atomic mass is 79.9. The number of rotatable bonds is 3. The molecule has 0 spiro atoms. The van der Waals surface area contributed by atoms with E-state index in [1.807, 2.05) is 12.5 Å². The van der Waals surface area contributed by atoms with Crippen molar-refractivity contribution in [2.24, 2.45) is 0 Å². The van der Waals surface area contributed by atoms with Crippen LogP contribution in [0, 0.1) is 0 Å². The third-order valence-electron chi connectivity index (χ3n) is 1.37. The minimum absolute atomic E-state index is 0.920. The van der Waals surface area contributed by atoms with Crippen molar-refractivity contribution in [3.8, 4) is 0 Å². The second-order valence-corrected chi connectivity index (χ2v) is 3.10. The van der Waals surface area contributed by atoms with Gasteiger partial charge in [-0.2, -0.15) is 0 Å². The van der Waals surface area contributed by atoms with Crippen LogP contribution >= 0.6 is 15.9 Å². The molecule has 1 heterocycles. The molecule has 0 aliphatic heterocycles. The molecule has 0 N–H and O–H groups in total. The minimum atomic E-state index is 0.920. The van der Waals surface area contributed by atoms with Crippen molar-refractivity contribution < 1.29 is 0 Å². The van der Waals surface area contributed by atoms with Crippen LogP contribution in [0.2, 0.25) is 0 Å². The number of nitrogens with zero attached hydrogens (tertiary/aromatic N) is 2. The van der Waals surface area contributed by atoms with Gasteiger partial charge in [0.1, 0.15) is 4.60 Å². The molecular weight excluding hydrogens is 192 g/mol. The van der Waals surface area contributed by atoms with E-state index in [0.717, 1.165) is 11.1 Å². The van der Waals surface area contributed by atoms with Gasteiger partial charge in [-0.1, -0.05) is 13.3 Å². The van der Waals surface area contributed by atoms with E-state index < -0.39 is 0 Å². The van der Waals surface area contributed by atoms with Crippen molar-refractivity contribution in [1.82, 2.24) is 9.55 Å². The summed E-state index contributed by atoms with van der Waals surface area (Å²) in [4.78, 5) is 4.05. The summed E-state index contributed by atoms with van der Waals surface area (Å²) in [5, 5.41) is 0. The van der Waals surface area contributed by atoms with Gasteiger partial charge in [0.25, 0.3) is 0 Å². The Morgan fingerprint density at radius 3 is 3.00 bits per heavy atom. The lowest BCUT2D eigenvalue weighted by atomic mass is 10.3. The van der Waals surface area contributed by atoms with Crippen molar-refractivity contribution in [1.29, 1.82) is 0 Å². The minimum Gasteiger partial charge on any atom is -0.336 e. The third-order valence-corrected chi connectivity index (χ3v) is 1.78. The molecule has 10 heavy (non-hydrogen) atoms. The molecule has 56 valence electrons. The van der Waals surface area contributed by atoms with Crippen molar-refractivity contribution >= 4 is 15.9 Å². The van der Waals surface area contributed by atoms with Gasteiger partial charge in [-0.05, 0) is 22.4 Å². The van der Waals surface area contributed by atoms with Crippen molar-refractivity contribution in [2.45, 2.75) is 26.3 Å². The van der Waals surface area contributed by atoms with Gasteiger partial charge < -0.3 is 4.57 Å². The summed E-state index contributed by atoms with van der Waals surface area (Å²) in [6.45, 7) is 3.26. The summed E-state index contributed by atoms with van der Waals surface area (Å²) in [6.07, 6.45) is 6.30. The Balaban J connectivity index is 2.42. The summed E-state index contributed by atoms with van der Waals surface area (Å²) < 4.78 is 3.01. The van der Waals surface area contributed by atoms with Crippen LogP contribution < -0.4 is 0 Å². The van der Waals surface area contributed by atoms with Crippen molar-refractivity contribution in [2.75, 3.05) is 0 Å². The lowest BCUT2D eigenvalue weighted by Gasteiger charge is -1.96. The monoisotopic (exact) mass is 202 g/mol. The van der Waals surface area contributed by atoms with Gasteiger partial charge in [-0.3, -0.25) is 0 Å². The van der Waals surface area contributed by atoms with E-state index in [-0.39, 0.29) is 0 Å². The molecule has 2 nitrogen and oxygen atoms in total. The van der Waals surface area contributed by atoms with Crippen LogP contribution in [-0.2, 0) is 6.54 Å². The van der Waals surface area contributed by atoms with Crippen LogP contribution in [0.5, 0.6) is 0 Å². The molecule has 0 aliphatic rings. The SMILES string of the molecule is CCCCn1cnc(Br)c1. The number of hydrogen-bond donors (Lipinski definition) is 0. The maximum atomic E-state index is 4.05. The number of halogens is 1. The van der Waals surface area contributed by atoms with E-state index in [9.17, 15) is 0 Å². The van der Waals surface area contributed by atoms with E-state index in [1.54, 1.807) is 0 Å². The van der Waals surface area contributed by atoms with E-state index in [1.165, 1.54) is 12.8 Å². The fraction of sp³-hybridized carbons (Fsp3) is 0.571. The topological polar surface area (TPSA) is 17.8 Å². The summed E-state index contributed by atoms with van der Waals surface area (Å²) in [5.74, 6) is 0. The molecule has 0 amide bonds. The van der Waals surface area contributed by atoms with E-state index in [0.29, 0.717) is 0 Å². The Morgan fingerprint density at radius 2 is 2.50 bits per heavy atom. The van der Waals surface area contributed by atoms with Crippen LogP contribution in [0.4, 0.5) is 0 Å². The largest absolute Gasteiger partial charge is 0.336 e. The number of aromatic nitrogens is 2. The predicted octanol–water partition coefficient (Wildman–Crippen LogP) is 2.45. The van der Waals surface area contributed by atoms with Gasteiger partial charge in [-0.15, -0.1) is 0 Å². The first-order valence-electron chi connectivity index (χ1n) is 3.50. The van der Waals surface area contributed by atoms with Gasteiger partial charge in [0.2, 0.25) is 0 Å². The van der Waals surface area contributed by atoms with Crippen LogP contribution in [0.15, 0.2) is 17.1 Å². The maximum absolute atomic E-state index is 4.05. The number of imidazole rings is 1. The summed E-state index contributed by atoms with van der Waals surface area (Å²) in [5.41, 5.74) is 0. The Hall–Kier alpha value is -0.310. The molecule has 0 fully saturated rings. The molecule has 0 aromatic carbocycles. The van der Waals surface area contributed by atoms with Gasteiger partial charge in [0.05, 0.1) is 6.33 Å². The van der Waals surface area contributed by atoms with E-state index in [2.05, 4.69) is 32.4 Å². The summed E-state index contributed by atoms with van der Waals surface area (Å²) in [6, 6.07) is 0. The van der Waals surface area contributed by atoms with Gasteiger partial charge in [0, 0.05) is 12.7 Å². The Kier molecular flexibility index (Phi) is 2.93. The Labute approximate surface area is 69.4 Å². The highest BCUT2D eigenvalue weighted by Gasteiger charge is 1.91. The average Bonchev–Trinajstić information content (AvgIpc) is 2.31. The first kappa shape index (κ1) is 7.79. The molecule has 0 saturated heterocycles. The molecule has 3 heteroatoms. The molecule has 0 atom stereocenters. The predicted molar refractivity (Wildman–Crippen MR) is 44.8 cm³/mol. The Bertz CT molecular complexity index is 195. The fourth-order valence-electron chi connectivity index (χ4n) is 0.796. The molecule has 0 radical (unpaired) electrons. The number of aryl methyl sites for hydroxylation is 1. The molecule has 0 aliphatic carbocycles. The maximum Gasteiger partial charge on any atom is 0.124 e. The zero-order valence-corrected chi connectivity index (χ0v) is 7.63. The first-order chi connectivity index (χ1) is 4.83. The highest BCUT2D eigenvalue weighted by molar-refractivity contribution is 9.10. The highest BCUT2D eigenvalue weighted by Crippen LogP contribution is 2.05. The van der Waals surface area contributed by atoms with E-state index >= 15 is 0 Å². The fourth-order valence-corrected chi connectivity index (χ4v) is 1.15. The number of unbranched alkanes of at least 4 members (excludes halogenated alkanes) is 1. The van der Waals surface area contributed by atoms with Crippen LogP contribution in [0.3, 0.4) is 0 Å². The van der Waals surface area contributed by atoms with Crippen LogP contribution in [0.1, 0.15) is 19.8 Å². The second-order valence-electron chi connectivity index (χ2n) is 2.29. The van der Waals surface area contributed by atoms with Crippen molar-refractivity contribution in [3.63, 3.8) is 0 Å². The summed E-state index contributed by atoms with van der Waals surface area (Å²) >= 11 is 3.29. The van der Waals surface area contributed by atoms with Gasteiger partial charge >= 0.3 is 0 Å². The standard InChI is InChI=1S/C7H11BrN2/c1-2-3-4-10-5-7(8)9-6-10/h5-6H,2-4H2,1H3. The molecule has 0 unspecified atom stereocenters. The molecule has 0 saturated carbocycles. The molecule has 1 aromatic heterocycles. The molecule has 0 bridgehead atoms. The Morgan fingerprint density at radius 1 is 1.70 bits per heavy atom. The first-order valence-corrected chi connectivity index (χ1v) is 4.29. The van der Waals surface area contributed by atoms with Gasteiger partial charge in [0.15, 0.2) is 0 Å². The molecular formula is C7H11BrN2. The zero-order valence-electron chi connectivity index (χ0n) is 6.05. The quantitative estimate of drug-likeness (QED) is 0.737. The molecule has 1 rings (SSSR count). The van der Waals surface area contributed by atoms with Crippen LogP contribution in [0.25, 0.3) is 0 Å². The molecule has 1 aromatic rings. The third kappa shape index (κ3) is 2.14. The summed E-state index contributed by atoms with van der Waals surface area (Å²) in [7, 11) is 0. The van der Waals surface area contributed by atoms with Crippen LogP contribution in [-0.4, -0.2) is 9.55 Å². The van der Waals surface area contributed by atoms with Gasteiger partial charge in [-0.25, -0.2) is 4.98 Å². The lowest BCUT2D eigenvalue weighted by Crippen LogP contribution is -1.92. The van der Waals surface area contributed by atoms with E-state index in [4.69, 9.17) is 0 Å². The number of hydrogen-bond acceptors (Lipinski definition) is 1. The zero-order chi connectivity index (χ0) is 7.40. The smallest absolute Gasteiger partial charge is 0.124 e. The average molecular weight is 203 g/mol. The van der Waals surface area contributed by atoms with Crippen molar-refractivity contribution in [3.05, 3.63) is 17.1 Å². The normalized spacial score (nSPS) is 10.2.